The van der Waals surface area contributed by atoms with E-state index < -0.39 is 11.9 Å². The van der Waals surface area contributed by atoms with Gasteiger partial charge in [0.2, 0.25) is 13.6 Å². The van der Waals surface area contributed by atoms with Crippen LogP contribution in [0.4, 0.5) is 11.4 Å². The highest BCUT2D eigenvalue weighted by Crippen LogP contribution is 2.19. The number of hydrogen-bond donors (Lipinski definition) is 0. The third-order valence-corrected chi connectivity index (χ3v) is 4.52. The number of carbonyl (C=O) groups excluding carboxylic acids is 2. The molecule has 0 aliphatic heterocycles. The zero-order valence-corrected chi connectivity index (χ0v) is 19.4. The molecule has 0 heterocycles. The number of nitrogens with zero attached hydrogens (tertiary/aromatic N) is 2. The molecule has 3 aromatic carbocycles. The van der Waals surface area contributed by atoms with Gasteiger partial charge in [-0.3, -0.25) is 9.98 Å². The van der Waals surface area contributed by atoms with Crippen LogP contribution in [-0.2, 0) is 19.1 Å². The lowest BCUT2D eigenvalue weighted by atomic mass is 10.1. The van der Waals surface area contributed by atoms with Gasteiger partial charge in [-0.2, -0.15) is 0 Å². The molecule has 0 radical (unpaired) electrons. The number of hydrogen-bond acceptors (Lipinski definition) is 8. The summed E-state index contributed by atoms with van der Waals surface area (Å²) in [5.74, 6) is 0.0377. The molecule has 8 nitrogen and oxygen atoms in total. The third kappa shape index (κ3) is 8.75. The van der Waals surface area contributed by atoms with Crippen LogP contribution in [-0.4, -0.2) is 38.0 Å². The van der Waals surface area contributed by atoms with Crippen molar-refractivity contribution in [1.82, 2.24) is 0 Å². The van der Waals surface area contributed by atoms with Gasteiger partial charge in [-0.15, -0.1) is 0 Å². The van der Waals surface area contributed by atoms with Crippen molar-refractivity contribution < 1.29 is 28.5 Å². The lowest BCUT2D eigenvalue weighted by Gasteiger charge is -2.05. The predicted octanol–water partition coefficient (Wildman–Crippen LogP) is 5.32. The molecule has 0 spiro atoms. The monoisotopic (exact) mass is 484 g/mol. The van der Waals surface area contributed by atoms with Crippen LogP contribution in [0.25, 0.3) is 0 Å². The van der Waals surface area contributed by atoms with Crippen LogP contribution < -0.4 is 9.47 Å². The van der Waals surface area contributed by atoms with Crippen LogP contribution >= 0.6 is 0 Å². The van der Waals surface area contributed by atoms with Crippen LogP contribution in [0, 0.1) is 0 Å². The molecule has 3 rings (SSSR count). The average molecular weight is 485 g/mol. The molecule has 3 aromatic rings. The molecule has 8 heteroatoms. The largest absolute Gasteiger partial charge is 0.457 e. The van der Waals surface area contributed by atoms with E-state index in [1.807, 2.05) is 24.3 Å². The van der Waals surface area contributed by atoms with Gasteiger partial charge in [0.1, 0.15) is 11.5 Å². The summed E-state index contributed by atoms with van der Waals surface area (Å²) in [6, 6.07) is 21.9. The fourth-order valence-electron chi connectivity index (χ4n) is 2.65. The molecule has 0 bridgehead atoms. The molecule has 0 N–H and O–H groups in total. The van der Waals surface area contributed by atoms with Gasteiger partial charge in [-0.1, -0.05) is 37.4 Å². The highest BCUT2D eigenvalue weighted by Gasteiger charge is 1.99. The molecule has 0 aliphatic rings. The van der Waals surface area contributed by atoms with Crippen molar-refractivity contribution in [3.63, 3.8) is 0 Å². The molecule has 0 fully saturated rings. The average Bonchev–Trinajstić information content (AvgIpc) is 2.92. The Morgan fingerprint density at radius 3 is 1.31 bits per heavy atom. The summed E-state index contributed by atoms with van der Waals surface area (Å²) >= 11 is 0. The van der Waals surface area contributed by atoms with Gasteiger partial charge >= 0.3 is 11.9 Å². The van der Waals surface area contributed by atoms with E-state index in [2.05, 4.69) is 23.1 Å². The summed E-state index contributed by atoms with van der Waals surface area (Å²) in [5.41, 5.74) is 3.37. The van der Waals surface area contributed by atoms with E-state index in [4.69, 9.17) is 18.9 Å². The topological polar surface area (TPSA) is 95.8 Å². The van der Waals surface area contributed by atoms with Crippen LogP contribution in [0.2, 0.25) is 0 Å². The van der Waals surface area contributed by atoms with Gasteiger partial charge in [0, 0.05) is 24.6 Å². The number of carbonyl (C=O) groups is 2. The van der Waals surface area contributed by atoms with E-state index in [0.29, 0.717) is 11.5 Å². The fourth-order valence-corrected chi connectivity index (χ4v) is 2.65. The SMILES string of the molecule is C=CC(=O)OCOc1ccc(N=Cc2ccc(C=Nc3ccc(OCOC(=O)C=C)cc3)cc2)cc1. The minimum atomic E-state index is -0.542. The van der Waals surface area contributed by atoms with E-state index in [1.54, 1.807) is 61.0 Å². The molecule has 182 valence electrons. The van der Waals surface area contributed by atoms with Crippen LogP contribution in [0.15, 0.2) is 108 Å². The molecule has 0 aliphatic carbocycles. The van der Waals surface area contributed by atoms with Crippen molar-refractivity contribution in [1.29, 1.82) is 0 Å². The number of esters is 2. The van der Waals surface area contributed by atoms with Gasteiger partial charge in [-0.05, 0) is 59.7 Å². The maximum atomic E-state index is 11.0. The second-order valence-electron chi connectivity index (χ2n) is 7.03. The maximum absolute atomic E-state index is 11.0. The Kier molecular flexibility index (Phi) is 9.73. The molecule has 0 aromatic heterocycles. The molecule has 0 amide bonds. The fraction of sp³-hybridized carbons (Fsp3) is 0.0714. The number of rotatable bonds is 12. The smallest absolute Gasteiger partial charge is 0.333 e. The minimum Gasteiger partial charge on any atom is -0.457 e. The van der Waals surface area contributed by atoms with Crippen molar-refractivity contribution in [3.05, 3.63) is 109 Å². The molecule has 0 saturated heterocycles. The first-order chi connectivity index (χ1) is 17.6. The predicted molar refractivity (Wildman–Crippen MR) is 137 cm³/mol. The number of aliphatic imine (C=N–C) groups is 2. The Bertz CT molecular complexity index is 1130. The zero-order chi connectivity index (χ0) is 25.6. The van der Waals surface area contributed by atoms with E-state index in [9.17, 15) is 9.59 Å². The Morgan fingerprint density at radius 2 is 0.972 bits per heavy atom. The number of benzene rings is 3. The molecule has 0 atom stereocenters. The molecule has 0 unspecified atom stereocenters. The lowest BCUT2D eigenvalue weighted by molar-refractivity contribution is -0.145. The van der Waals surface area contributed by atoms with Gasteiger partial charge in [0.25, 0.3) is 0 Å². The Balaban J connectivity index is 1.48. The van der Waals surface area contributed by atoms with Gasteiger partial charge < -0.3 is 18.9 Å². The van der Waals surface area contributed by atoms with Crippen LogP contribution in [0.1, 0.15) is 11.1 Å². The Hall–Kier alpha value is -4.98. The summed E-state index contributed by atoms with van der Waals surface area (Å²) in [6.07, 6.45) is 5.67. The minimum absolute atomic E-state index is 0.183. The van der Waals surface area contributed by atoms with E-state index in [-0.39, 0.29) is 13.6 Å². The first-order valence-electron chi connectivity index (χ1n) is 10.8. The molecular weight excluding hydrogens is 460 g/mol. The zero-order valence-electron chi connectivity index (χ0n) is 19.4. The van der Waals surface area contributed by atoms with E-state index in [0.717, 1.165) is 34.7 Å². The molecular formula is C28H24N2O6. The quantitative estimate of drug-likeness (QED) is 0.149. The van der Waals surface area contributed by atoms with E-state index in [1.165, 1.54) is 0 Å². The Labute approximate surface area is 208 Å². The van der Waals surface area contributed by atoms with Crippen LogP contribution in [0.3, 0.4) is 0 Å². The van der Waals surface area contributed by atoms with Crippen molar-refractivity contribution >= 4 is 35.7 Å². The summed E-state index contributed by atoms with van der Waals surface area (Å²) < 4.78 is 20.2. The highest BCUT2D eigenvalue weighted by atomic mass is 16.7. The summed E-state index contributed by atoms with van der Waals surface area (Å²) in [7, 11) is 0. The van der Waals surface area contributed by atoms with Crippen molar-refractivity contribution in [2.45, 2.75) is 0 Å². The first-order valence-corrected chi connectivity index (χ1v) is 10.8. The third-order valence-electron chi connectivity index (χ3n) is 4.52. The van der Waals surface area contributed by atoms with Crippen molar-refractivity contribution in [2.75, 3.05) is 13.6 Å². The second-order valence-corrected chi connectivity index (χ2v) is 7.03. The van der Waals surface area contributed by atoms with Gasteiger partial charge in [-0.25, -0.2) is 9.59 Å². The van der Waals surface area contributed by atoms with Crippen molar-refractivity contribution in [3.8, 4) is 11.5 Å². The van der Waals surface area contributed by atoms with E-state index >= 15 is 0 Å². The summed E-state index contributed by atoms with van der Waals surface area (Å²) in [6.45, 7) is 6.27. The van der Waals surface area contributed by atoms with Gasteiger partial charge in [0.15, 0.2) is 0 Å². The molecule has 0 saturated carbocycles. The van der Waals surface area contributed by atoms with Crippen LogP contribution in [0.5, 0.6) is 11.5 Å². The first kappa shape index (κ1) is 25.6. The summed E-state index contributed by atoms with van der Waals surface area (Å²) in [4.78, 5) is 30.9. The summed E-state index contributed by atoms with van der Waals surface area (Å²) in [5, 5.41) is 0. The lowest BCUT2D eigenvalue weighted by Crippen LogP contribution is -2.07. The maximum Gasteiger partial charge on any atom is 0.333 e. The second kappa shape index (κ2) is 13.7. The number of ether oxygens (including phenoxy) is 4. The highest BCUT2D eigenvalue weighted by molar-refractivity contribution is 5.86. The van der Waals surface area contributed by atoms with Gasteiger partial charge in [0.05, 0.1) is 11.4 Å². The standard InChI is InChI=1S/C28H24N2O6/c1-3-27(31)35-19-33-25-13-9-23(10-14-25)29-17-21-5-7-22(8-6-21)18-30-24-11-15-26(16-12-24)34-20-36-28(32)4-2/h3-18H,1-2,19-20H2. The normalized spacial score (nSPS) is 10.7. The van der Waals surface area contributed by atoms with Crippen molar-refractivity contribution in [2.24, 2.45) is 9.98 Å². The Morgan fingerprint density at radius 1 is 0.611 bits per heavy atom. The molecule has 36 heavy (non-hydrogen) atoms.